The van der Waals surface area contributed by atoms with E-state index < -0.39 is 12.1 Å². The molecule has 0 aliphatic rings. The highest BCUT2D eigenvalue weighted by Gasteiger charge is 2.06. The van der Waals surface area contributed by atoms with Crippen molar-refractivity contribution in [1.29, 1.82) is 0 Å². The average Bonchev–Trinajstić information content (AvgIpc) is 1.96. The van der Waals surface area contributed by atoms with Crippen LogP contribution in [0.15, 0.2) is 11.6 Å². The maximum Gasteiger partial charge on any atom is 0.331 e. The maximum absolute atomic E-state index is 10.6. The molecular weight excluding hydrogens is 156 g/mol. The Morgan fingerprint density at radius 2 is 2.17 bits per heavy atom. The molecule has 2 N–H and O–H groups in total. The third kappa shape index (κ3) is 4.91. The van der Waals surface area contributed by atoms with Crippen LogP contribution >= 0.6 is 0 Å². The monoisotopic (exact) mass is 172 g/mol. The minimum atomic E-state index is -0.927. The zero-order valence-corrected chi connectivity index (χ0v) is 7.58. The molecule has 0 aliphatic carbocycles. The minimum absolute atomic E-state index is 0.312. The number of carbonyl (C=O) groups is 1. The molecule has 0 saturated heterocycles. The zero-order valence-electron chi connectivity index (χ0n) is 7.58. The summed E-state index contributed by atoms with van der Waals surface area (Å²) in [6.07, 6.45) is 3.07. The standard InChI is InChI=1S/C9H16O3/c1-3-4-5-8(9(11)12)6-7(2)10/h6-7,10H,3-5H2,1-2H3,(H,11,12)/b8-6+. The third-order valence-electron chi connectivity index (χ3n) is 1.52. The summed E-state index contributed by atoms with van der Waals surface area (Å²) in [6.45, 7) is 3.55. The molecule has 3 heteroatoms. The number of aliphatic carboxylic acids is 1. The fourth-order valence-corrected chi connectivity index (χ4v) is 0.920. The number of rotatable bonds is 5. The van der Waals surface area contributed by atoms with E-state index in [0.29, 0.717) is 12.0 Å². The Balaban J connectivity index is 4.13. The molecular formula is C9H16O3. The van der Waals surface area contributed by atoms with Gasteiger partial charge in [0.25, 0.3) is 0 Å². The molecule has 0 rings (SSSR count). The highest BCUT2D eigenvalue weighted by molar-refractivity contribution is 5.86. The van der Waals surface area contributed by atoms with Gasteiger partial charge in [0, 0.05) is 5.57 Å². The van der Waals surface area contributed by atoms with E-state index in [9.17, 15) is 4.79 Å². The molecule has 1 unspecified atom stereocenters. The zero-order chi connectivity index (χ0) is 9.56. The molecule has 0 aromatic carbocycles. The molecule has 1 atom stereocenters. The quantitative estimate of drug-likeness (QED) is 0.619. The van der Waals surface area contributed by atoms with Crippen LogP contribution in [0.2, 0.25) is 0 Å². The largest absolute Gasteiger partial charge is 0.478 e. The van der Waals surface area contributed by atoms with Crippen molar-refractivity contribution in [3.63, 3.8) is 0 Å². The topological polar surface area (TPSA) is 57.5 Å². The molecule has 0 radical (unpaired) electrons. The Kier molecular flexibility index (Phi) is 5.37. The Morgan fingerprint density at radius 1 is 1.58 bits per heavy atom. The van der Waals surface area contributed by atoms with Crippen LogP contribution in [0.3, 0.4) is 0 Å². The summed E-state index contributed by atoms with van der Waals surface area (Å²) in [6, 6.07) is 0. The summed E-state index contributed by atoms with van der Waals surface area (Å²) in [4.78, 5) is 10.6. The van der Waals surface area contributed by atoms with Crippen molar-refractivity contribution in [1.82, 2.24) is 0 Å². The first-order valence-corrected chi connectivity index (χ1v) is 4.20. The van der Waals surface area contributed by atoms with Crippen LogP contribution in [0.4, 0.5) is 0 Å². The van der Waals surface area contributed by atoms with Crippen molar-refractivity contribution in [3.05, 3.63) is 11.6 Å². The predicted octanol–water partition coefficient (Wildman–Crippen LogP) is 1.57. The Hall–Kier alpha value is -0.830. The first-order valence-electron chi connectivity index (χ1n) is 4.20. The van der Waals surface area contributed by atoms with Gasteiger partial charge in [0.1, 0.15) is 0 Å². The van der Waals surface area contributed by atoms with E-state index in [0.717, 1.165) is 12.8 Å². The second-order valence-corrected chi connectivity index (χ2v) is 2.84. The first kappa shape index (κ1) is 11.2. The highest BCUT2D eigenvalue weighted by Crippen LogP contribution is 2.08. The van der Waals surface area contributed by atoms with Crippen molar-refractivity contribution in [2.45, 2.75) is 39.2 Å². The molecule has 0 heterocycles. The minimum Gasteiger partial charge on any atom is -0.478 e. The second kappa shape index (κ2) is 5.77. The van der Waals surface area contributed by atoms with Gasteiger partial charge in [0.2, 0.25) is 0 Å². The van der Waals surface area contributed by atoms with E-state index >= 15 is 0 Å². The molecule has 70 valence electrons. The predicted molar refractivity (Wildman–Crippen MR) is 46.9 cm³/mol. The molecule has 0 aromatic rings. The molecule has 0 aromatic heterocycles. The van der Waals surface area contributed by atoms with Crippen molar-refractivity contribution in [2.75, 3.05) is 0 Å². The Labute approximate surface area is 72.7 Å². The van der Waals surface area contributed by atoms with Gasteiger partial charge < -0.3 is 10.2 Å². The first-order chi connectivity index (χ1) is 5.57. The molecule has 0 fully saturated rings. The molecule has 3 nitrogen and oxygen atoms in total. The summed E-state index contributed by atoms with van der Waals surface area (Å²) < 4.78 is 0. The van der Waals surface area contributed by atoms with E-state index in [4.69, 9.17) is 10.2 Å². The van der Waals surface area contributed by atoms with E-state index in [1.165, 1.54) is 6.08 Å². The molecule has 0 saturated carbocycles. The fourth-order valence-electron chi connectivity index (χ4n) is 0.920. The number of unbranched alkanes of at least 4 members (excludes halogenated alkanes) is 1. The number of hydrogen-bond acceptors (Lipinski definition) is 2. The van der Waals surface area contributed by atoms with Crippen LogP contribution in [-0.2, 0) is 4.79 Å². The van der Waals surface area contributed by atoms with Crippen LogP contribution < -0.4 is 0 Å². The van der Waals surface area contributed by atoms with Gasteiger partial charge in [-0.1, -0.05) is 13.3 Å². The number of hydrogen-bond donors (Lipinski definition) is 2. The Morgan fingerprint density at radius 3 is 2.50 bits per heavy atom. The lowest BCUT2D eigenvalue weighted by atomic mass is 10.1. The summed E-state index contributed by atoms with van der Waals surface area (Å²) >= 11 is 0. The SMILES string of the molecule is CCCC/C(=C\C(C)O)C(=O)O. The lowest BCUT2D eigenvalue weighted by Crippen LogP contribution is -2.05. The summed E-state index contributed by atoms with van der Waals surface area (Å²) in [5, 5.41) is 17.6. The molecule has 0 amide bonds. The summed E-state index contributed by atoms with van der Waals surface area (Å²) in [5.41, 5.74) is 0.312. The fraction of sp³-hybridized carbons (Fsp3) is 0.667. The number of aliphatic hydroxyl groups excluding tert-OH is 1. The van der Waals surface area contributed by atoms with E-state index in [2.05, 4.69) is 0 Å². The van der Waals surface area contributed by atoms with Gasteiger partial charge in [0.05, 0.1) is 6.10 Å². The van der Waals surface area contributed by atoms with Gasteiger partial charge in [0.15, 0.2) is 0 Å². The number of aliphatic hydroxyl groups is 1. The number of carboxylic acid groups (broad SMARTS) is 1. The van der Waals surface area contributed by atoms with Crippen molar-refractivity contribution in [2.24, 2.45) is 0 Å². The molecule has 0 bridgehead atoms. The molecule has 12 heavy (non-hydrogen) atoms. The van der Waals surface area contributed by atoms with Crippen LogP contribution in [0, 0.1) is 0 Å². The molecule has 0 spiro atoms. The molecule has 0 aliphatic heterocycles. The normalized spacial score (nSPS) is 14.4. The van der Waals surface area contributed by atoms with Crippen LogP contribution in [0.25, 0.3) is 0 Å². The van der Waals surface area contributed by atoms with Crippen LogP contribution in [-0.4, -0.2) is 22.3 Å². The third-order valence-corrected chi connectivity index (χ3v) is 1.52. The van der Waals surface area contributed by atoms with E-state index in [-0.39, 0.29) is 0 Å². The highest BCUT2D eigenvalue weighted by atomic mass is 16.4. The van der Waals surface area contributed by atoms with Crippen LogP contribution in [0.1, 0.15) is 33.1 Å². The smallest absolute Gasteiger partial charge is 0.331 e. The maximum atomic E-state index is 10.6. The van der Waals surface area contributed by atoms with Gasteiger partial charge in [-0.05, 0) is 25.8 Å². The van der Waals surface area contributed by atoms with E-state index in [1.54, 1.807) is 6.92 Å². The second-order valence-electron chi connectivity index (χ2n) is 2.84. The van der Waals surface area contributed by atoms with Gasteiger partial charge in [-0.3, -0.25) is 0 Å². The van der Waals surface area contributed by atoms with Crippen molar-refractivity contribution < 1.29 is 15.0 Å². The van der Waals surface area contributed by atoms with E-state index in [1.807, 2.05) is 6.92 Å². The van der Waals surface area contributed by atoms with Crippen molar-refractivity contribution >= 4 is 5.97 Å². The summed E-state index contributed by atoms with van der Waals surface area (Å²) in [5.74, 6) is -0.927. The Bertz CT molecular complexity index is 171. The van der Waals surface area contributed by atoms with Crippen molar-refractivity contribution in [3.8, 4) is 0 Å². The van der Waals surface area contributed by atoms with Gasteiger partial charge in [-0.2, -0.15) is 0 Å². The van der Waals surface area contributed by atoms with Crippen LogP contribution in [0.5, 0.6) is 0 Å². The average molecular weight is 172 g/mol. The van der Waals surface area contributed by atoms with Gasteiger partial charge in [-0.15, -0.1) is 0 Å². The summed E-state index contributed by atoms with van der Waals surface area (Å²) in [7, 11) is 0. The lowest BCUT2D eigenvalue weighted by Gasteiger charge is -2.02. The van der Waals surface area contributed by atoms with Gasteiger partial charge in [-0.25, -0.2) is 4.79 Å². The lowest BCUT2D eigenvalue weighted by molar-refractivity contribution is -0.132. The number of carboxylic acids is 1. The van der Waals surface area contributed by atoms with Gasteiger partial charge >= 0.3 is 5.97 Å².